The molecule has 0 aliphatic carbocycles. The van der Waals surface area contributed by atoms with Crippen LogP contribution in [-0.4, -0.2) is 69.5 Å². The quantitative estimate of drug-likeness (QED) is 0.408. The number of rotatable bonds is 5. The van der Waals surface area contributed by atoms with Gasteiger partial charge in [0.15, 0.2) is 5.75 Å². The molecule has 3 rings (SSSR count). The van der Waals surface area contributed by atoms with Crippen LogP contribution in [0.4, 0.5) is 0 Å². The van der Waals surface area contributed by atoms with E-state index in [0.29, 0.717) is 12.4 Å². The third kappa shape index (κ3) is 3.57. The van der Waals surface area contributed by atoms with Crippen molar-refractivity contribution in [3.05, 3.63) is 28.6 Å². The normalized spacial score (nSPS) is 28.3. The molecule has 1 saturated heterocycles. The molecule has 0 amide bonds. The Labute approximate surface area is 152 Å². The first-order chi connectivity index (χ1) is 12.9. The van der Waals surface area contributed by atoms with Crippen LogP contribution in [0.25, 0.3) is 11.0 Å². The summed E-state index contributed by atoms with van der Waals surface area (Å²) in [5.41, 5.74) is -0.991. The van der Waals surface area contributed by atoms with Crippen molar-refractivity contribution in [1.82, 2.24) is 0 Å². The van der Waals surface area contributed by atoms with Gasteiger partial charge in [0.25, 0.3) is 5.75 Å². The molecule has 0 spiro atoms. The average Bonchev–Trinajstić information content (AvgIpc) is 2.65. The van der Waals surface area contributed by atoms with E-state index in [2.05, 4.69) is 0 Å². The molecule has 1 fully saturated rings. The molecule has 2 aromatic rings. The second kappa shape index (κ2) is 7.71. The Kier molecular flexibility index (Phi) is 5.53. The number of aliphatic hydroxyl groups excluding tert-OH is 4. The number of aliphatic hydroxyl groups is 4. The summed E-state index contributed by atoms with van der Waals surface area (Å²) in [6.45, 7) is 1.53. The minimum Gasteiger partial charge on any atom is -0.504 e. The van der Waals surface area contributed by atoms with Crippen LogP contribution in [0.2, 0.25) is 0 Å². The van der Waals surface area contributed by atoms with Crippen molar-refractivity contribution in [2.45, 2.75) is 37.6 Å². The van der Waals surface area contributed by atoms with E-state index in [1.807, 2.05) is 0 Å². The van der Waals surface area contributed by atoms with Crippen LogP contribution in [0, 0.1) is 0 Å². The van der Waals surface area contributed by atoms with Crippen molar-refractivity contribution in [1.29, 1.82) is 0 Å². The summed E-state index contributed by atoms with van der Waals surface area (Å²) in [6, 6.07) is 4.44. The first-order valence-electron chi connectivity index (χ1n) is 8.27. The monoisotopic (exact) mass is 384 g/mol. The van der Waals surface area contributed by atoms with E-state index in [9.17, 15) is 30.3 Å². The Bertz CT molecular complexity index is 861. The lowest BCUT2D eigenvalue weighted by Gasteiger charge is -2.39. The largest absolute Gasteiger partial charge is 0.504 e. The smallest absolute Gasteiger partial charge is 0.383 e. The van der Waals surface area contributed by atoms with Gasteiger partial charge < -0.3 is 44.2 Å². The fraction of sp³-hybridized carbons (Fsp3) is 0.471. The molecule has 148 valence electrons. The number of benzene rings is 1. The van der Waals surface area contributed by atoms with Gasteiger partial charge in [-0.05, 0) is 19.1 Å². The van der Waals surface area contributed by atoms with Gasteiger partial charge in [-0.25, -0.2) is 4.79 Å². The highest BCUT2D eigenvalue weighted by molar-refractivity contribution is 5.86. The van der Waals surface area contributed by atoms with Gasteiger partial charge in [0.1, 0.15) is 35.7 Å². The molecule has 0 unspecified atom stereocenters. The minimum absolute atomic E-state index is 0.0598. The third-order valence-electron chi connectivity index (χ3n) is 4.20. The topological polar surface area (TPSA) is 159 Å². The molecule has 1 aliphatic heterocycles. The predicted octanol–water partition coefficient (Wildman–Crippen LogP) is -0.924. The zero-order valence-electron chi connectivity index (χ0n) is 14.3. The Morgan fingerprint density at radius 3 is 2.56 bits per heavy atom. The van der Waals surface area contributed by atoms with Crippen LogP contribution < -0.4 is 15.1 Å². The maximum absolute atomic E-state index is 12.2. The van der Waals surface area contributed by atoms with E-state index in [1.165, 1.54) is 12.1 Å². The van der Waals surface area contributed by atoms with Gasteiger partial charge in [-0.1, -0.05) is 0 Å². The lowest BCUT2D eigenvalue weighted by molar-refractivity contribution is -0.278. The number of hydrogen-bond donors (Lipinski definition) is 5. The Balaban J connectivity index is 1.95. The second-order valence-corrected chi connectivity index (χ2v) is 5.97. The first kappa shape index (κ1) is 19.4. The third-order valence-corrected chi connectivity index (χ3v) is 4.20. The van der Waals surface area contributed by atoms with Gasteiger partial charge >= 0.3 is 5.63 Å². The zero-order valence-corrected chi connectivity index (χ0v) is 14.3. The summed E-state index contributed by atoms with van der Waals surface area (Å²) >= 11 is 0. The lowest BCUT2D eigenvalue weighted by Crippen LogP contribution is -2.60. The summed E-state index contributed by atoms with van der Waals surface area (Å²) in [7, 11) is 0. The number of hydrogen-bond acceptors (Lipinski definition) is 10. The van der Waals surface area contributed by atoms with Gasteiger partial charge in [-0.15, -0.1) is 0 Å². The first-order valence-corrected chi connectivity index (χ1v) is 8.27. The maximum Gasteiger partial charge on any atom is 0.383 e. The molecule has 2 heterocycles. The Morgan fingerprint density at radius 1 is 1.15 bits per heavy atom. The molecule has 10 nitrogen and oxygen atoms in total. The molecule has 1 aromatic carbocycles. The molecule has 0 saturated carbocycles. The van der Waals surface area contributed by atoms with Gasteiger partial charge in [-0.3, -0.25) is 0 Å². The Hall–Kier alpha value is -2.37. The predicted molar refractivity (Wildman–Crippen MR) is 89.7 cm³/mol. The van der Waals surface area contributed by atoms with E-state index < -0.39 is 54.4 Å². The van der Waals surface area contributed by atoms with E-state index >= 15 is 0 Å². The van der Waals surface area contributed by atoms with Crippen LogP contribution in [0.1, 0.15) is 6.92 Å². The van der Waals surface area contributed by atoms with Crippen molar-refractivity contribution in [3.63, 3.8) is 0 Å². The molecule has 27 heavy (non-hydrogen) atoms. The highest BCUT2D eigenvalue weighted by atomic mass is 16.7. The summed E-state index contributed by atoms with van der Waals surface area (Å²) in [4.78, 5) is 12.2. The number of fused-ring (bicyclic) bond motifs is 1. The number of ether oxygens (including phenoxy) is 3. The van der Waals surface area contributed by atoms with Gasteiger partial charge in [0, 0.05) is 6.07 Å². The van der Waals surface area contributed by atoms with Crippen LogP contribution >= 0.6 is 0 Å². The van der Waals surface area contributed by atoms with Crippen LogP contribution in [0.5, 0.6) is 17.2 Å². The average molecular weight is 384 g/mol. The van der Waals surface area contributed by atoms with E-state index in [-0.39, 0.29) is 11.0 Å². The maximum atomic E-state index is 12.2. The molecule has 1 aliphatic rings. The lowest BCUT2D eigenvalue weighted by atomic mass is 9.99. The SMILES string of the molecule is CCOc1ccc2c(O)c(O[C@@H]3O[C@H](CO)[C@@H](O)[C@H](O)[C@@H]3O)c(=O)oc2c1. The summed E-state index contributed by atoms with van der Waals surface area (Å²) in [5.74, 6) is -0.757. The van der Waals surface area contributed by atoms with Crippen LogP contribution in [-0.2, 0) is 4.74 Å². The zero-order chi connectivity index (χ0) is 19.7. The molecule has 5 N–H and O–H groups in total. The van der Waals surface area contributed by atoms with E-state index in [0.717, 1.165) is 0 Å². The minimum atomic E-state index is -1.74. The molecule has 0 bridgehead atoms. The molecule has 1 aromatic heterocycles. The second-order valence-electron chi connectivity index (χ2n) is 5.97. The van der Waals surface area contributed by atoms with Crippen molar-refractivity contribution >= 4 is 11.0 Å². The van der Waals surface area contributed by atoms with Gasteiger partial charge in [0.2, 0.25) is 6.29 Å². The van der Waals surface area contributed by atoms with Crippen LogP contribution in [0.15, 0.2) is 27.4 Å². The molecule has 0 radical (unpaired) electrons. The highest BCUT2D eigenvalue weighted by Crippen LogP contribution is 2.35. The van der Waals surface area contributed by atoms with Crippen molar-refractivity contribution in [3.8, 4) is 17.2 Å². The Morgan fingerprint density at radius 2 is 1.89 bits per heavy atom. The van der Waals surface area contributed by atoms with Gasteiger partial charge in [-0.2, -0.15) is 0 Å². The standard InChI is InChI=1S/C17H20O10/c1-2-24-7-3-4-8-9(5-7)25-16(23)15(11(8)19)27-17-14(22)13(21)12(20)10(6-18)26-17/h3-5,10,12-14,17-22H,2,6H2,1H3/t10-,12-,13+,14+,17+/m1/s1. The van der Waals surface area contributed by atoms with Crippen molar-refractivity contribution in [2.24, 2.45) is 0 Å². The molecule has 10 heteroatoms. The fourth-order valence-corrected chi connectivity index (χ4v) is 2.79. The fourth-order valence-electron chi connectivity index (χ4n) is 2.79. The van der Waals surface area contributed by atoms with Crippen molar-refractivity contribution < 1.29 is 44.2 Å². The van der Waals surface area contributed by atoms with E-state index in [1.54, 1.807) is 13.0 Å². The molecule has 5 atom stereocenters. The summed E-state index contributed by atoms with van der Waals surface area (Å²) in [6.07, 6.45) is -7.86. The molecular weight excluding hydrogens is 364 g/mol. The van der Waals surface area contributed by atoms with E-state index in [4.69, 9.17) is 18.6 Å². The van der Waals surface area contributed by atoms with Crippen molar-refractivity contribution in [2.75, 3.05) is 13.2 Å². The van der Waals surface area contributed by atoms with Gasteiger partial charge in [0.05, 0.1) is 18.6 Å². The highest BCUT2D eigenvalue weighted by Gasteiger charge is 2.45. The number of aromatic hydroxyl groups is 1. The summed E-state index contributed by atoms with van der Waals surface area (Å²) in [5, 5.41) is 49.3. The van der Waals surface area contributed by atoms with Crippen LogP contribution in [0.3, 0.4) is 0 Å². The molecular formula is C17H20O10. The summed E-state index contributed by atoms with van der Waals surface area (Å²) < 4.78 is 20.8.